The maximum atomic E-state index is 11.9. The molecule has 0 radical (unpaired) electrons. The Balaban J connectivity index is 2.00. The maximum Gasteiger partial charge on any atom is 0.261 e. The molecule has 1 heterocycles. The van der Waals surface area contributed by atoms with Crippen molar-refractivity contribution in [2.75, 3.05) is 18.9 Å². The second-order valence-electron chi connectivity index (χ2n) is 4.25. The van der Waals surface area contributed by atoms with Gasteiger partial charge in [0.15, 0.2) is 5.82 Å². The van der Waals surface area contributed by atoms with E-state index >= 15 is 0 Å². The minimum atomic E-state index is -2.47. The summed E-state index contributed by atoms with van der Waals surface area (Å²) in [6, 6.07) is 5.41. The number of halogens is 2. The molecule has 7 heteroatoms. The average Bonchev–Trinajstić information content (AvgIpc) is 2.86. The van der Waals surface area contributed by atoms with Gasteiger partial charge in [0.25, 0.3) is 12.3 Å². The van der Waals surface area contributed by atoms with Crippen LogP contribution in [-0.2, 0) is 11.2 Å². The molecule has 5 nitrogen and oxygen atoms in total. The Bertz CT molecular complexity index is 572. The highest BCUT2D eigenvalue weighted by molar-refractivity contribution is 5.66. The fraction of sp³-hybridized carbons (Fsp3) is 0.385. The zero-order valence-corrected chi connectivity index (χ0v) is 11.0. The molecule has 2 aromatic rings. The van der Waals surface area contributed by atoms with Crippen molar-refractivity contribution in [2.45, 2.75) is 19.8 Å². The molecule has 0 aliphatic rings. The van der Waals surface area contributed by atoms with Crippen molar-refractivity contribution >= 4 is 5.69 Å². The first kappa shape index (κ1) is 14.4. The van der Waals surface area contributed by atoms with Crippen LogP contribution in [0.4, 0.5) is 14.5 Å². The van der Waals surface area contributed by atoms with Gasteiger partial charge < -0.3 is 15.0 Å². The van der Waals surface area contributed by atoms with Crippen molar-refractivity contribution in [1.29, 1.82) is 0 Å². The number of alkyl halides is 2. The number of ether oxygens (including phenoxy) is 1. The minimum Gasteiger partial charge on any atom is -0.398 e. The molecule has 0 spiro atoms. The largest absolute Gasteiger partial charge is 0.398 e. The normalized spacial score (nSPS) is 11.2. The van der Waals surface area contributed by atoms with Gasteiger partial charge in [0, 0.05) is 17.7 Å². The molecular formula is C13H15F2N3O2. The van der Waals surface area contributed by atoms with Crippen LogP contribution in [0.3, 0.4) is 0 Å². The van der Waals surface area contributed by atoms with Gasteiger partial charge in [0.05, 0.1) is 6.61 Å². The second kappa shape index (κ2) is 6.42. The van der Waals surface area contributed by atoms with Gasteiger partial charge in [-0.05, 0) is 24.6 Å². The van der Waals surface area contributed by atoms with Gasteiger partial charge in [-0.2, -0.15) is 4.98 Å². The van der Waals surface area contributed by atoms with E-state index < -0.39 is 13.0 Å². The van der Waals surface area contributed by atoms with Crippen LogP contribution in [0.5, 0.6) is 0 Å². The van der Waals surface area contributed by atoms with E-state index in [9.17, 15) is 8.78 Å². The van der Waals surface area contributed by atoms with E-state index in [0.29, 0.717) is 23.8 Å². The molecule has 0 amide bonds. The highest BCUT2D eigenvalue weighted by Gasteiger charge is 2.12. The monoisotopic (exact) mass is 283 g/mol. The topological polar surface area (TPSA) is 74.2 Å². The zero-order chi connectivity index (χ0) is 14.5. The first-order chi connectivity index (χ1) is 9.58. The van der Waals surface area contributed by atoms with Gasteiger partial charge in [-0.15, -0.1) is 0 Å². The van der Waals surface area contributed by atoms with Crippen LogP contribution >= 0.6 is 0 Å². The molecule has 0 aliphatic carbocycles. The lowest BCUT2D eigenvalue weighted by molar-refractivity contribution is 0.0182. The summed E-state index contributed by atoms with van der Waals surface area (Å²) in [4.78, 5) is 4.20. The van der Waals surface area contributed by atoms with E-state index in [4.69, 9.17) is 15.0 Å². The first-order valence-corrected chi connectivity index (χ1v) is 6.12. The van der Waals surface area contributed by atoms with Crippen molar-refractivity contribution in [3.63, 3.8) is 0 Å². The number of rotatable bonds is 6. The van der Waals surface area contributed by atoms with Crippen LogP contribution in [0, 0.1) is 6.92 Å². The fourth-order valence-electron chi connectivity index (χ4n) is 1.69. The maximum absolute atomic E-state index is 11.9. The molecule has 2 rings (SSSR count). The summed E-state index contributed by atoms with van der Waals surface area (Å²) < 4.78 is 33.7. The second-order valence-corrected chi connectivity index (χ2v) is 4.25. The lowest BCUT2D eigenvalue weighted by Crippen LogP contribution is -2.07. The van der Waals surface area contributed by atoms with Crippen molar-refractivity contribution in [2.24, 2.45) is 0 Å². The highest BCUT2D eigenvalue weighted by Crippen LogP contribution is 2.25. The molecule has 0 bridgehead atoms. The van der Waals surface area contributed by atoms with Gasteiger partial charge in [-0.1, -0.05) is 11.2 Å². The Morgan fingerprint density at radius 1 is 1.40 bits per heavy atom. The van der Waals surface area contributed by atoms with Gasteiger partial charge >= 0.3 is 0 Å². The summed E-state index contributed by atoms with van der Waals surface area (Å²) in [5.74, 6) is 0.773. The summed E-state index contributed by atoms with van der Waals surface area (Å²) in [5.41, 5.74) is 8.07. The standard InChI is InChI=1S/C13H15F2N3O2/c1-8-9(3-2-4-10(8)16)13-17-12(18-20-13)5-6-19-7-11(14)15/h2-4,11H,5-7,16H2,1H3. The molecule has 0 saturated heterocycles. The molecular weight excluding hydrogens is 268 g/mol. The van der Waals surface area contributed by atoms with Gasteiger partial charge in [0.1, 0.15) is 6.61 Å². The molecule has 2 N–H and O–H groups in total. The SMILES string of the molecule is Cc1c(N)cccc1-c1nc(CCOCC(F)F)no1. The third-order valence-electron chi connectivity index (χ3n) is 2.79. The number of aromatic nitrogens is 2. The van der Waals surface area contributed by atoms with Crippen molar-refractivity contribution in [3.8, 4) is 11.5 Å². The number of nitrogens with two attached hydrogens (primary N) is 1. The van der Waals surface area contributed by atoms with Crippen LogP contribution in [0.2, 0.25) is 0 Å². The third kappa shape index (κ3) is 3.51. The van der Waals surface area contributed by atoms with Crippen LogP contribution < -0.4 is 5.73 Å². The first-order valence-electron chi connectivity index (χ1n) is 6.12. The van der Waals surface area contributed by atoms with Gasteiger partial charge in [-0.25, -0.2) is 8.78 Å². The molecule has 0 atom stereocenters. The van der Waals surface area contributed by atoms with E-state index in [1.165, 1.54) is 0 Å². The summed E-state index contributed by atoms with van der Waals surface area (Å²) >= 11 is 0. The van der Waals surface area contributed by atoms with Gasteiger partial charge in [-0.3, -0.25) is 0 Å². The number of nitrogens with zero attached hydrogens (tertiary/aromatic N) is 2. The molecule has 0 fully saturated rings. The molecule has 20 heavy (non-hydrogen) atoms. The molecule has 1 aromatic heterocycles. The van der Waals surface area contributed by atoms with E-state index in [1.54, 1.807) is 12.1 Å². The van der Waals surface area contributed by atoms with Crippen LogP contribution in [0.1, 0.15) is 11.4 Å². The molecule has 0 aliphatic heterocycles. The predicted molar refractivity (Wildman–Crippen MR) is 69.4 cm³/mol. The van der Waals surface area contributed by atoms with Gasteiger partial charge in [0.2, 0.25) is 0 Å². The van der Waals surface area contributed by atoms with Crippen molar-refractivity contribution in [3.05, 3.63) is 29.6 Å². The van der Waals surface area contributed by atoms with E-state index in [-0.39, 0.29) is 6.61 Å². The smallest absolute Gasteiger partial charge is 0.261 e. The summed E-state index contributed by atoms with van der Waals surface area (Å²) in [5, 5.41) is 3.79. The van der Waals surface area contributed by atoms with E-state index in [2.05, 4.69) is 10.1 Å². The molecule has 1 aromatic carbocycles. The Morgan fingerprint density at radius 2 is 2.20 bits per heavy atom. The summed E-state index contributed by atoms with van der Waals surface area (Å²) in [6.07, 6.45) is -2.15. The zero-order valence-electron chi connectivity index (χ0n) is 11.0. The quantitative estimate of drug-likeness (QED) is 0.651. The predicted octanol–water partition coefficient (Wildman–Crippen LogP) is 2.45. The molecule has 0 unspecified atom stereocenters. The number of anilines is 1. The lowest BCUT2D eigenvalue weighted by atomic mass is 10.1. The van der Waals surface area contributed by atoms with Crippen molar-refractivity contribution < 1.29 is 18.0 Å². The number of hydrogen-bond acceptors (Lipinski definition) is 5. The number of hydrogen-bond donors (Lipinski definition) is 1. The minimum absolute atomic E-state index is 0.124. The Hall–Kier alpha value is -2.02. The van der Waals surface area contributed by atoms with Crippen LogP contribution in [0.25, 0.3) is 11.5 Å². The Morgan fingerprint density at radius 3 is 2.95 bits per heavy atom. The number of nitrogen functional groups attached to an aromatic ring is 1. The fourth-order valence-corrected chi connectivity index (χ4v) is 1.69. The van der Waals surface area contributed by atoms with E-state index in [1.807, 2.05) is 13.0 Å². The highest BCUT2D eigenvalue weighted by atomic mass is 19.3. The Kier molecular flexibility index (Phi) is 4.62. The average molecular weight is 283 g/mol. The van der Waals surface area contributed by atoms with E-state index in [0.717, 1.165) is 11.1 Å². The van der Waals surface area contributed by atoms with Crippen molar-refractivity contribution in [1.82, 2.24) is 10.1 Å². The van der Waals surface area contributed by atoms with Crippen LogP contribution in [-0.4, -0.2) is 29.8 Å². The lowest BCUT2D eigenvalue weighted by Gasteiger charge is -2.03. The third-order valence-corrected chi connectivity index (χ3v) is 2.79. The molecule has 0 saturated carbocycles. The number of benzene rings is 1. The molecule has 108 valence electrons. The Labute approximate surface area is 114 Å². The summed E-state index contributed by atoms with van der Waals surface area (Å²) in [7, 11) is 0. The summed E-state index contributed by atoms with van der Waals surface area (Å²) in [6.45, 7) is 1.40. The van der Waals surface area contributed by atoms with Crippen LogP contribution in [0.15, 0.2) is 22.7 Å².